The molecule has 106 valence electrons. The van der Waals surface area contributed by atoms with E-state index in [9.17, 15) is 14.0 Å². The van der Waals surface area contributed by atoms with Gasteiger partial charge in [0.25, 0.3) is 0 Å². The van der Waals surface area contributed by atoms with Crippen molar-refractivity contribution < 1.29 is 4.39 Å². The lowest BCUT2D eigenvalue weighted by Crippen LogP contribution is -2.38. The first-order valence-corrected chi connectivity index (χ1v) is 5.99. The average molecular weight is 279 g/mol. The Kier molecular flexibility index (Phi) is 4.26. The minimum Gasteiger partial charge on any atom is -0.354 e. The van der Waals surface area contributed by atoms with E-state index in [1.165, 1.54) is 24.3 Å². The molecule has 4 N–H and O–H groups in total. The van der Waals surface area contributed by atoms with Gasteiger partial charge in [0.05, 0.1) is 6.54 Å². The van der Waals surface area contributed by atoms with Crippen LogP contribution in [0.1, 0.15) is 5.56 Å². The molecule has 0 aliphatic carbocycles. The van der Waals surface area contributed by atoms with Crippen molar-refractivity contribution in [1.82, 2.24) is 14.5 Å². The molecule has 0 aliphatic heterocycles. The van der Waals surface area contributed by atoms with Gasteiger partial charge in [0.15, 0.2) is 0 Å². The molecule has 7 nitrogen and oxygen atoms in total. The first-order valence-electron chi connectivity index (χ1n) is 5.99. The number of nitrogens with one attached hydrogen (secondary N) is 2. The first-order chi connectivity index (χ1) is 9.60. The van der Waals surface area contributed by atoms with Gasteiger partial charge in [-0.05, 0) is 17.7 Å². The van der Waals surface area contributed by atoms with Crippen LogP contribution < -0.4 is 22.4 Å². The third kappa shape index (κ3) is 3.29. The van der Waals surface area contributed by atoms with E-state index in [4.69, 9.17) is 5.73 Å². The Labute approximate surface area is 113 Å². The van der Waals surface area contributed by atoms with Crippen LogP contribution in [0.2, 0.25) is 0 Å². The van der Waals surface area contributed by atoms with Gasteiger partial charge in [0.1, 0.15) is 5.82 Å². The third-order valence-electron chi connectivity index (χ3n) is 2.60. The van der Waals surface area contributed by atoms with E-state index in [2.05, 4.69) is 15.3 Å². The number of aromatic amines is 1. The highest BCUT2D eigenvalue weighted by molar-refractivity contribution is 5.21. The van der Waals surface area contributed by atoms with Crippen LogP contribution in [0.5, 0.6) is 0 Å². The minimum atomic E-state index is -0.683. The van der Waals surface area contributed by atoms with E-state index in [1.807, 2.05) is 0 Å². The van der Waals surface area contributed by atoms with Gasteiger partial charge < -0.3 is 11.1 Å². The van der Waals surface area contributed by atoms with Gasteiger partial charge >= 0.3 is 11.4 Å². The zero-order chi connectivity index (χ0) is 14.5. The Hall–Kier alpha value is -2.48. The molecule has 20 heavy (non-hydrogen) atoms. The third-order valence-corrected chi connectivity index (χ3v) is 2.60. The molecule has 1 heterocycles. The number of aromatic nitrogens is 3. The number of hydrogen-bond donors (Lipinski definition) is 3. The summed E-state index contributed by atoms with van der Waals surface area (Å²) in [6.45, 7) is 0.769. The van der Waals surface area contributed by atoms with Crippen molar-refractivity contribution in [3.63, 3.8) is 0 Å². The summed E-state index contributed by atoms with van der Waals surface area (Å²) in [5, 5.41) is 2.72. The van der Waals surface area contributed by atoms with Crippen molar-refractivity contribution in [2.75, 3.05) is 18.4 Å². The molecule has 1 aromatic heterocycles. The van der Waals surface area contributed by atoms with Gasteiger partial charge in [-0.2, -0.15) is 4.98 Å². The van der Waals surface area contributed by atoms with E-state index in [0.29, 0.717) is 18.7 Å². The topological polar surface area (TPSA) is 106 Å². The van der Waals surface area contributed by atoms with Crippen molar-refractivity contribution in [2.45, 2.75) is 6.54 Å². The Morgan fingerprint density at radius 2 is 2.00 bits per heavy atom. The molecule has 0 unspecified atom stereocenters. The molecule has 0 saturated carbocycles. The molecule has 0 radical (unpaired) electrons. The number of nitrogens with zero attached hydrogens (tertiary/aromatic N) is 2. The van der Waals surface area contributed by atoms with Crippen molar-refractivity contribution in [3.05, 3.63) is 56.6 Å². The summed E-state index contributed by atoms with van der Waals surface area (Å²) in [6.07, 6.45) is 0. The molecular formula is C12H14FN5O2. The average Bonchev–Trinajstić information content (AvgIpc) is 2.42. The fraction of sp³-hybridized carbons (Fsp3) is 0.250. The number of rotatable bonds is 5. The molecule has 2 rings (SSSR count). The molecule has 0 saturated heterocycles. The molecule has 8 heteroatoms. The highest BCUT2D eigenvalue weighted by Gasteiger charge is 2.06. The SMILES string of the molecule is NCCNc1nc(=O)n(Cc2ccc(F)cc2)c(=O)[nH]1. The van der Waals surface area contributed by atoms with E-state index < -0.39 is 11.4 Å². The first kappa shape index (κ1) is 13.9. The second-order valence-electron chi connectivity index (χ2n) is 4.10. The highest BCUT2D eigenvalue weighted by atomic mass is 19.1. The summed E-state index contributed by atoms with van der Waals surface area (Å²) >= 11 is 0. The number of hydrogen-bond acceptors (Lipinski definition) is 5. The zero-order valence-electron chi connectivity index (χ0n) is 10.6. The Bertz CT molecular complexity index is 661. The minimum absolute atomic E-state index is 0.0264. The number of anilines is 1. The molecule has 0 atom stereocenters. The largest absolute Gasteiger partial charge is 0.355 e. The van der Waals surface area contributed by atoms with Crippen LogP contribution in [-0.4, -0.2) is 27.6 Å². The molecule has 0 aliphatic rings. The van der Waals surface area contributed by atoms with E-state index in [-0.39, 0.29) is 18.3 Å². The maximum Gasteiger partial charge on any atom is 0.355 e. The summed E-state index contributed by atoms with van der Waals surface area (Å²) < 4.78 is 13.7. The summed E-state index contributed by atoms with van der Waals surface area (Å²) in [5.41, 5.74) is 4.66. The molecule has 1 aromatic carbocycles. The Morgan fingerprint density at radius 3 is 2.60 bits per heavy atom. The zero-order valence-corrected chi connectivity index (χ0v) is 10.6. The van der Waals surface area contributed by atoms with E-state index >= 15 is 0 Å². The number of benzene rings is 1. The summed E-state index contributed by atoms with van der Waals surface area (Å²) in [7, 11) is 0. The summed E-state index contributed by atoms with van der Waals surface area (Å²) in [4.78, 5) is 29.7. The lowest BCUT2D eigenvalue weighted by atomic mass is 10.2. The smallest absolute Gasteiger partial charge is 0.354 e. The quantitative estimate of drug-likeness (QED) is 0.683. The number of halogens is 1. The lowest BCUT2D eigenvalue weighted by Gasteiger charge is -2.06. The van der Waals surface area contributed by atoms with Gasteiger partial charge in [-0.25, -0.2) is 18.5 Å². The molecule has 2 aromatic rings. The maximum absolute atomic E-state index is 12.8. The van der Waals surface area contributed by atoms with Crippen molar-refractivity contribution >= 4 is 5.95 Å². The van der Waals surface area contributed by atoms with Gasteiger partial charge in [-0.3, -0.25) is 4.98 Å². The van der Waals surface area contributed by atoms with Crippen molar-refractivity contribution in [1.29, 1.82) is 0 Å². The highest BCUT2D eigenvalue weighted by Crippen LogP contribution is 2.02. The number of nitrogens with two attached hydrogens (primary N) is 1. The monoisotopic (exact) mass is 279 g/mol. The standard InChI is InChI=1S/C12H14FN5O2/c13-9-3-1-8(2-4-9)7-18-11(19)16-10(15-6-5-14)17-12(18)20/h1-4H,5-7,14H2,(H2,15,16,17,19,20). The van der Waals surface area contributed by atoms with E-state index in [0.717, 1.165) is 4.57 Å². The summed E-state index contributed by atoms with van der Waals surface area (Å²) in [6, 6.07) is 5.53. The Morgan fingerprint density at radius 1 is 1.30 bits per heavy atom. The van der Waals surface area contributed by atoms with Crippen LogP contribution in [0, 0.1) is 5.82 Å². The van der Waals surface area contributed by atoms with Crippen LogP contribution in [0.25, 0.3) is 0 Å². The van der Waals surface area contributed by atoms with Gasteiger partial charge in [0.2, 0.25) is 5.95 Å². The summed E-state index contributed by atoms with van der Waals surface area (Å²) in [5.74, 6) is -0.296. The Balaban J connectivity index is 2.26. The maximum atomic E-state index is 12.8. The van der Waals surface area contributed by atoms with Gasteiger partial charge in [-0.1, -0.05) is 12.1 Å². The predicted octanol–water partition coefficient (Wildman–Crippen LogP) is -0.510. The van der Waals surface area contributed by atoms with E-state index in [1.54, 1.807) is 0 Å². The predicted molar refractivity (Wildman–Crippen MR) is 72.2 cm³/mol. The molecular weight excluding hydrogens is 265 g/mol. The fourth-order valence-corrected chi connectivity index (χ4v) is 1.63. The van der Waals surface area contributed by atoms with Crippen LogP contribution in [0.3, 0.4) is 0 Å². The van der Waals surface area contributed by atoms with Gasteiger partial charge in [0, 0.05) is 13.1 Å². The van der Waals surface area contributed by atoms with Crippen molar-refractivity contribution in [3.8, 4) is 0 Å². The number of H-pyrrole nitrogens is 1. The molecule has 0 amide bonds. The van der Waals surface area contributed by atoms with Crippen LogP contribution >= 0.6 is 0 Å². The van der Waals surface area contributed by atoms with Gasteiger partial charge in [-0.15, -0.1) is 0 Å². The normalized spacial score (nSPS) is 10.5. The van der Waals surface area contributed by atoms with Crippen LogP contribution in [0.15, 0.2) is 33.9 Å². The fourth-order valence-electron chi connectivity index (χ4n) is 1.63. The van der Waals surface area contributed by atoms with Crippen LogP contribution in [-0.2, 0) is 6.54 Å². The van der Waals surface area contributed by atoms with Crippen LogP contribution in [0.4, 0.5) is 10.3 Å². The molecule has 0 bridgehead atoms. The molecule has 0 spiro atoms. The molecule has 0 fully saturated rings. The second-order valence-corrected chi connectivity index (χ2v) is 4.10. The lowest BCUT2D eigenvalue weighted by molar-refractivity contribution is 0.624. The second kappa shape index (κ2) is 6.11. The van der Waals surface area contributed by atoms with Crippen molar-refractivity contribution in [2.24, 2.45) is 5.73 Å².